The molecule has 3 aliphatic heterocycles. The van der Waals surface area contributed by atoms with E-state index in [1.54, 1.807) is 19.1 Å². The highest BCUT2D eigenvalue weighted by atomic mass is 16.5. The maximum Gasteiger partial charge on any atom is 0.336 e. The second kappa shape index (κ2) is 8.01. The molecule has 0 N–H and O–H groups in total. The number of carbonyl (C=O) groups is 3. The summed E-state index contributed by atoms with van der Waals surface area (Å²) >= 11 is 0. The van der Waals surface area contributed by atoms with Crippen molar-refractivity contribution in [3.05, 3.63) is 41.0 Å². The Kier molecular flexibility index (Phi) is 5.43. The molecule has 3 heterocycles. The molecule has 0 aliphatic carbocycles. The fraction of sp³-hybridized carbons (Fsp3) is 0.522. The molecule has 0 aromatic heterocycles. The molecule has 2 atom stereocenters. The summed E-state index contributed by atoms with van der Waals surface area (Å²) in [6.45, 7) is 3.13. The van der Waals surface area contributed by atoms with Crippen LogP contribution in [0.2, 0.25) is 0 Å². The fourth-order valence-electron chi connectivity index (χ4n) is 5.00. The molecule has 2 saturated heterocycles. The van der Waals surface area contributed by atoms with Gasteiger partial charge in [-0.2, -0.15) is 0 Å². The highest BCUT2D eigenvalue weighted by Gasteiger charge is 2.47. The molecule has 2 bridgehead atoms. The number of ether oxygens (including phenoxy) is 1. The number of benzene rings is 1. The SMILES string of the molecule is COC(=O)C1=C(c2ccc(C(C)=O)cc2)C[C@@H]2CC[C@H]1N2C(=O)N1CCCCC1. The maximum atomic E-state index is 13.3. The lowest BCUT2D eigenvalue weighted by Gasteiger charge is -2.41. The number of fused-ring (bicyclic) bond motifs is 2. The molecule has 0 spiro atoms. The van der Waals surface area contributed by atoms with Crippen molar-refractivity contribution in [1.82, 2.24) is 9.80 Å². The summed E-state index contributed by atoms with van der Waals surface area (Å²) in [6.07, 6.45) is 5.57. The third kappa shape index (κ3) is 3.56. The number of hydrogen-bond acceptors (Lipinski definition) is 4. The molecule has 6 heteroatoms. The van der Waals surface area contributed by atoms with Crippen molar-refractivity contribution in [1.29, 1.82) is 0 Å². The van der Waals surface area contributed by atoms with Crippen molar-refractivity contribution in [2.24, 2.45) is 0 Å². The average Bonchev–Trinajstić information content (AvgIpc) is 3.06. The van der Waals surface area contributed by atoms with E-state index in [9.17, 15) is 14.4 Å². The number of urea groups is 1. The highest BCUT2D eigenvalue weighted by molar-refractivity contribution is 6.01. The van der Waals surface area contributed by atoms with Gasteiger partial charge >= 0.3 is 12.0 Å². The largest absolute Gasteiger partial charge is 0.466 e. The number of hydrogen-bond donors (Lipinski definition) is 0. The highest BCUT2D eigenvalue weighted by Crippen LogP contribution is 2.44. The van der Waals surface area contributed by atoms with E-state index in [-0.39, 0.29) is 29.9 Å². The standard InChI is InChI=1S/C23H28N2O4/c1-15(26)16-6-8-17(9-7-16)19-14-18-10-11-20(21(19)22(27)29-2)25(18)23(28)24-12-4-3-5-13-24/h6-9,18,20H,3-5,10-14H2,1-2H3/t18-,20+/m0/s1. The van der Waals surface area contributed by atoms with Crippen LogP contribution in [0.5, 0.6) is 0 Å². The van der Waals surface area contributed by atoms with Crippen molar-refractivity contribution < 1.29 is 19.1 Å². The zero-order chi connectivity index (χ0) is 20.5. The minimum atomic E-state index is -0.363. The summed E-state index contributed by atoms with van der Waals surface area (Å²) in [5.74, 6) is -0.349. The minimum Gasteiger partial charge on any atom is -0.466 e. The normalized spacial score (nSPS) is 23.9. The van der Waals surface area contributed by atoms with E-state index in [0.717, 1.165) is 49.9 Å². The maximum absolute atomic E-state index is 13.3. The molecular formula is C23H28N2O4. The van der Waals surface area contributed by atoms with Gasteiger partial charge in [-0.1, -0.05) is 24.3 Å². The zero-order valence-corrected chi connectivity index (χ0v) is 17.1. The summed E-state index contributed by atoms with van der Waals surface area (Å²) in [4.78, 5) is 41.5. The van der Waals surface area contributed by atoms with Gasteiger partial charge in [0.05, 0.1) is 18.7 Å². The van der Waals surface area contributed by atoms with Gasteiger partial charge in [0.2, 0.25) is 0 Å². The molecule has 2 amide bonds. The smallest absolute Gasteiger partial charge is 0.336 e. The van der Waals surface area contributed by atoms with Crippen LogP contribution in [0.25, 0.3) is 5.57 Å². The molecular weight excluding hydrogens is 368 g/mol. The Balaban J connectivity index is 1.70. The predicted octanol–water partition coefficient (Wildman–Crippen LogP) is 3.66. The van der Waals surface area contributed by atoms with E-state index >= 15 is 0 Å². The van der Waals surface area contributed by atoms with Crippen LogP contribution >= 0.6 is 0 Å². The van der Waals surface area contributed by atoms with Crippen LogP contribution in [0.15, 0.2) is 29.8 Å². The molecule has 1 aromatic carbocycles. The van der Waals surface area contributed by atoms with Crippen molar-refractivity contribution >= 4 is 23.4 Å². The summed E-state index contributed by atoms with van der Waals surface area (Å²) in [5, 5.41) is 0. The van der Waals surface area contributed by atoms with E-state index in [4.69, 9.17) is 4.74 Å². The van der Waals surface area contributed by atoms with Crippen LogP contribution < -0.4 is 0 Å². The lowest BCUT2D eigenvalue weighted by Crippen LogP contribution is -2.53. The number of carbonyl (C=O) groups excluding carboxylic acids is 3. The lowest BCUT2D eigenvalue weighted by molar-refractivity contribution is -0.136. The van der Waals surface area contributed by atoms with E-state index < -0.39 is 0 Å². The quantitative estimate of drug-likeness (QED) is 0.578. The first-order valence-corrected chi connectivity index (χ1v) is 10.5. The van der Waals surface area contributed by atoms with Gasteiger partial charge in [0.1, 0.15) is 0 Å². The third-order valence-corrected chi connectivity index (χ3v) is 6.49. The van der Waals surface area contributed by atoms with Crippen LogP contribution in [0, 0.1) is 0 Å². The van der Waals surface area contributed by atoms with Crippen LogP contribution in [-0.2, 0) is 9.53 Å². The third-order valence-electron chi connectivity index (χ3n) is 6.49. The summed E-state index contributed by atoms with van der Waals surface area (Å²) in [7, 11) is 1.39. The van der Waals surface area contributed by atoms with Crippen molar-refractivity contribution in [2.75, 3.05) is 20.2 Å². The Morgan fingerprint density at radius 2 is 1.69 bits per heavy atom. The van der Waals surface area contributed by atoms with Gasteiger partial charge in [0, 0.05) is 24.7 Å². The lowest BCUT2D eigenvalue weighted by atomic mass is 9.88. The van der Waals surface area contributed by atoms with Gasteiger partial charge in [0.15, 0.2) is 5.78 Å². The second-order valence-corrected chi connectivity index (χ2v) is 8.21. The fourth-order valence-corrected chi connectivity index (χ4v) is 5.00. The molecule has 1 aromatic rings. The average molecular weight is 396 g/mol. The first-order valence-electron chi connectivity index (χ1n) is 10.5. The Bertz CT molecular complexity index is 852. The van der Waals surface area contributed by atoms with Gasteiger partial charge in [-0.3, -0.25) is 4.79 Å². The first kappa shape index (κ1) is 19.7. The number of methoxy groups -OCH3 is 1. The predicted molar refractivity (Wildman–Crippen MR) is 109 cm³/mol. The van der Waals surface area contributed by atoms with Crippen LogP contribution in [0.3, 0.4) is 0 Å². The van der Waals surface area contributed by atoms with Gasteiger partial charge in [-0.25, -0.2) is 9.59 Å². The Labute approximate surface area is 171 Å². The molecule has 6 nitrogen and oxygen atoms in total. The van der Waals surface area contributed by atoms with E-state index in [2.05, 4.69) is 0 Å². The molecule has 0 unspecified atom stereocenters. The summed E-state index contributed by atoms with van der Waals surface area (Å²) in [5.41, 5.74) is 3.12. The number of amides is 2. The van der Waals surface area contributed by atoms with Gasteiger partial charge in [-0.15, -0.1) is 0 Å². The van der Waals surface area contributed by atoms with Gasteiger partial charge in [0.25, 0.3) is 0 Å². The van der Waals surface area contributed by atoms with Crippen molar-refractivity contribution in [3.63, 3.8) is 0 Å². The summed E-state index contributed by atoms with van der Waals surface area (Å²) < 4.78 is 5.13. The van der Waals surface area contributed by atoms with E-state index in [1.165, 1.54) is 13.5 Å². The number of rotatable bonds is 3. The molecule has 2 fully saturated rings. The second-order valence-electron chi connectivity index (χ2n) is 8.21. The number of Topliss-reactive ketones (excluding diaryl/α,β-unsaturated/α-hetero) is 1. The number of ketones is 1. The molecule has 29 heavy (non-hydrogen) atoms. The van der Waals surface area contributed by atoms with Gasteiger partial charge < -0.3 is 14.5 Å². The number of esters is 1. The van der Waals surface area contributed by atoms with Crippen molar-refractivity contribution in [3.8, 4) is 0 Å². The Morgan fingerprint density at radius 3 is 2.31 bits per heavy atom. The van der Waals surface area contributed by atoms with Gasteiger partial charge in [-0.05, 0) is 56.6 Å². The molecule has 3 aliphatic rings. The number of likely N-dealkylation sites (tertiary alicyclic amines) is 1. The van der Waals surface area contributed by atoms with E-state index in [1.807, 2.05) is 21.9 Å². The topological polar surface area (TPSA) is 66.9 Å². The molecule has 154 valence electrons. The van der Waals surface area contributed by atoms with Crippen molar-refractivity contribution in [2.45, 2.75) is 57.5 Å². The van der Waals surface area contributed by atoms with Crippen LogP contribution in [0.1, 0.15) is 61.4 Å². The van der Waals surface area contributed by atoms with E-state index in [0.29, 0.717) is 17.6 Å². The zero-order valence-electron chi connectivity index (χ0n) is 17.1. The molecule has 4 rings (SSSR count). The Hall–Kier alpha value is -2.63. The molecule has 0 radical (unpaired) electrons. The summed E-state index contributed by atoms with van der Waals surface area (Å²) in [6, 6.07) is 7.32. The number of piperidine rings is 1. The Morgan fingerprint density at radius 1 is 1.00 bits per heavy atom. The number of nitrogens with zero attached hydrogens (tertiary/aromatic N) is 2. The van der Waals surface area contributed by atoms with Crippen LogP contribution in [0.4, 0.5) is 4.79 Å². The monoisotopic (exact) mass is 396 g/mol. The van der Waals surface area contributed by atoms with Crippen LogP contribution in [-0.4, -0.2) is 59.9 Å². The molecule has 0 saturated carbocycles. The minimum absolute atomic E-state index is 0.0146. The first-order chi connectivity index (χ1) is 14.0.